The van der Waals surface area contributed by atoms with Gasteiger partial charge in [-0.05, 0) is 31.0 Å². The Morgan fingerprint density at radius 1 is 1.47 bits per heavy atom. The largest absolute Gasteiger partial charge is 0.324 e. The maximum Gasteiger partial charge on any atom is 0.242 e. The van der Waals surface area contributed by atoms with Crippen molar-refractivity contribution in [3.63, 3.8) is 0 Å². The molecule has 1 saturated heterocycles. The molecule has 1 aliphatic rings. The number of rotatable bonds is 2. The van der Waals surface area contributed by atoms with Crippen LogP contribution in [0.3, 0.4) is 0 Å². The van der Waals surface area contributed by atoms with Gasteiger partial charge < -0.3 is 5.32 Å². The van der Waals surface area contributed by atoms with E-state index in [9.17, 15) is 4.79 Å². The van der Waals surface area contributed by atoms with Crippen LogP contribution in [-0.2, 0) is 4.79 Å². The van der Waals surface area contributed by atoms with Crippen LogP contribution in [-0.4, -0.2) is 23.6 Å². The number of benzene rings is 1. The average molecular weight is 273 g/mol. The molecule has 1 aromatic rings. The fourth-order valence-corrected chi connectivity index (χ4v) is 2.61. The molecule has 0 aromatic heterocycles. The van der Waals surface area contributed by atoms with Gasteiger partial charge in [-0.2, -0.15) is 0 Å². The number of anilines is 1. The van der Waals surface area contributed by atoms with E-state index in [-0.39, 0.29) is 24.4 Å². The van der Waals surface area contributed by atoms with Gasteiger partial charge >= 0.3 is 0 Å². The highest BCUT2D eigenvalue weighted by Crippen LogP contribution is 2.19. The van der Waals surface area contributed by atoms with E-state index in [1.165, 1.54) is 5.56 Å². The average Bonchev–Trinajstić information content (AvgIpc) is 2.78. The molecule has 2 rings (SSSR count). The molecule has 0 bridgehead atoms. The first-order valence-corrected chi connectivity index (χ1v) is 6.52. The summed E-state index contributed by atoms with van der Waals surface area (Å²) in [5, 5.41) is 6.14. The number of halogens is 1. The third-order valence-electron chi connectivity index (χ3n) is 2.90. The van der Waals surface area contributed by atoms with Crippen LogP contribution >= 0.6 is 24.2 Å². The molecule has 1 atom stereocenters. The van der Waals surface area contributed by atoms with Gasteiger partial charge in [0.25, 0.3) is 0 Å². The molecule has 0 radical (unpaired) electrons. The summed E-state index contributed by atoms with van der Waals surface area (Å²) in [5.41, 5.74) is 3.26. The number of aryl methyl sites for hydroxylation is 1. The summed E-state index contributed by atoms with van der Waals surface area (Å²) in [6, 6.07) is 5.91. The van der Waals surface area contributed by atoms with Crippen molar-refractivity contribution >= 4 is 35.8 Å². The number of hydrogen-bond donors (Lipinski definition) is 2. The first-order valence-electron chi connectivity index (χ1n) is 5.36. The standard InChI is InChI=1S/C12H16N2OS.ClH/c1-8-4-3-5-10(9(8)2)14-12(15)11-6-16-7-13-11;/h3-5,11,13H,6-7H2,1-2H3,(H,14,15);1H. The lowest BCUT2D eigenvalue weighted by Gasteiger charge is -2.13. The molecule has 2 N–H and O–H groups in total. The van der Waals surface area contributed by atoms with E-state index in [1.807, 2.05) is 19.1 Å². The molecule has 1 amide bonds. The molecule has 1 aliphatic heterocycles. The van der Waals surface area contributed by atoms with Crippen LogP contribution in [0.1, 0.15) is 11.1 Å². The Labute approximate surface area is 112 Å². The molecule has 1 unspecified atom stereocenters. The van der Waals surface area contributed by atoms with Gasteiger partial charge in [-0.1, -0.05) is 12.1 Å². The second-order valence-corrected chi connectivity index (χ2v) is 5.04. The Bertz CT molecular complexity index is 405. The molecule has 0 spiro atoms. The molecular formula is C12H17ClN2OS. The third kappa shape index (κ3) is 3.37. The molecule has 1 heterocycles. The number of carbonyl (C=O) groups is 1. The van der Waals surface area contributed by atoms with Gasteiger partial charge in [0.1, 0.15) is 0 Å². The molecule has 1 fully saturated rings. The zero-order chi connectivity index (χ0) is 11.5. The lowest BCUT2D eigenvalue weighted by molar-refractivity contribution is -0.117. The first kappa shape index (κ1) is 14.4. The summed E-state index contributed by atoms with van der Waals surface area (Å²) < 4.78 is 0. The number of hydrogen-bond acceptors (Lipinski definition) is 3. The molecular weight excluding hydrogens is 256 g/mol. The van der Waals surface area contributed by atoms with E-state index in [0.717, 1.165) is 22.9 Å². The highest BCUT2D eigenvalue weighted by molar-refractivity contribution is 7.99. The van der Waals surface area contributed by atoms with E-state index >= 15 is 0 Å². The monoisotopic (exact) mass is 272 g/mol. The normalized spacial score (nSPS) is 18.6. The van der Waals surface area contributed by atoms with E-state index in [2.05, 4.69) is 23.6 Å². The van der Waals surface area contributed by atoms with Crippen molar-refractivity contribution in [3.8, 4) is 0 Å². The second-order valence-electron chi connectivity index (χ2n) is 4.01. The summed E-state index contributed by atoms with van der Waals surface area (Å²) in [4.78, 5) is 11.9. The van der Waals surface area contributed by atoms with Crippen molar-refractivity contribution in [2.24, 2.45) is 0 Å². The van der Waals surface area contributed by atoms with Gasteiger partial charge in [-0.25, -0.2) is 0 Å². The number of carbonyl (C=O) groups excluding carboxylic acids is 1. The predicted molar refractivity (Wildman–Crippen MR) is 76.0 cm³/mol. The van der Waals surface area contributed by atoms with Crippen LogP contribution in [0.2, 0.25) is 0 Å². The van der Waals surface area contributed by atoms with E-state index < -0.39 is 0 Å². The fourth-order valence-electron chi connectivity index (χ4n) is 1.67. The lowest BCUT2D eigenvalue weighted by Crippen LogP contribution is -2.37. The maximum absolute atomic E-state index is 11.9. The molecule has 17 heavy (non-hydrogen) atoms. The Hall–Kier alpha value is -0.710. The van der Waals surface area contributed by atoms with Crippen LogP contribution < -0.4 is 10.6 Å². The maximum atomic E-state index is 11.9. The van der Waals surface area contributed by atoms with Crippen LogP contribution in [0.25, 0.3) is 0 Å². The zero-order valence-electron chi connectivity index (χ0n) is 9.95. The minimum absolute atomic E-state index is 0. The van der Waals surface area contributed by atoms with Gasteiger partial charge in [-0.3, -0.25) is 10.1 Å². The number of thioether (sulfide) groups is 1. The molecule has 3 nitrogen and oxygen atoms in total. The second kappa shape index (κ2) is 6.28. The Morgan fingerprint density at radius 3 is 2.88 bits per heavy atom. The van der Waals surface area contributed by atoms with Crippen LogP contribution in [0.4, 0.5) is 5.69 Å². The Morgan fingerprint density at radius 2 is 2.24 bits per heavy atom. The van der Waals surface area contributed by atoms with Gasteiger partial charge in [0, 0.05) is 17.3 Å². The smallest absolute Gasteiger partial charge is 0.242 e. The van der Waals surface area contributed by atoms with Gasteiger partial charge in [-0.15, -0.1) is 24.2 Å². The van der Waals surface area contributed by atoms with E-state index in [0.29, 0.717) is 0 Å². The Kier molecular flexibility index (Phi) is 5.31. The summed E-state index contributed by atoms with van der Waals surface area (Å²) in [5.74, 6) is 1.79. The SMILES string of the molecule is Cc1cccc(NC(=O)C2CSCN2)c1C.Cl. The van der Waals surface area contributed by atoms with Crippen LogP contribution in [0, 0.1) is 13.8 Å². The topological polar surface area (TPSA) is 41.1 Å². The molecule has 5 heteroatoms. The zero-order valence-corrected chi connectivity index (χ0v) is 11.6. The van der Waals surface area contributed by atoms with Crippen molar-refractivity contribution in [2.75, 3.05) is 16.9 Å². The summed E-state index contributed by atoms with van der Waals surface area (Å²) in [6.07, 6.45) is 0. The predicted octanol–water partition coefficient (Wildman–Crippen LogP) is 2.33. The minimum atomic E-state index is -0.0510. The molecule has 94 valence electrons. The Balaban J connectivity index is 0.00000144. The lowest BCUT2D eigenvalue weighted by atomic mass is 10.1. The summed E-state index contributed by atoms with van der Waals surface area (Å²) in [6.45, 7) is 4.08. The van der Waals surface area contributed by atoms with Crippen LogP contribution in [0.15, 0.2) is 18.2 Å². The van der Waals surface area contributed by atoms with Crippen molar-refractivity contribution in [2.45, 2.75) is 19.9 Å². The van der Waals surface area contributed by atoms with Crippen molar-refractivity contribution < 1.29 is 4.79 Å². The van der Waals surface area contributed by atoms with Crippen molar-refractivity contribution in [1.82, 2.24) is 5.32 Å². The highest BCUT2D eigenvalue weighted by Gasteiger charge is 2.22. The minimum Gasteiger partial charge on any atom is -0.324 e. The van der Waals surface area contributed by atoms with Gasteiger partial charge in [0.2, 0.25) is 5.91 Å². The van der Waals surface area contributed by atoms with Crippen molar-refractivity contribution in [1.29, 1.82) is 0 Å². The molecule has 1 aromatic carbocycles. The quantitative estimate of drug-likeness (QED) is 0.868. The van der Waals surface area contributed by atoms with Crippen LogP contribution in [0.5, 0.6) is 0 Å². The fraction of sp³-hybridized carbons (Fsp3) is 0.417. The summed E-state index contributed by atoms with van der Waals surface area (Å²) in [7, 11) is 0. The van der Waals surface area contributed by atoms with Gasteiger partial charge in [0.15, 0.2) is 0 Å². The van der Waals surface area contributed by atoms with Gasteiger partial charge in [0.05, 0.1) is 6.04 Å². The summed E-state index contributed by atoms with van der Waals surface area (Å²) >= 11 is 1.76. The molecule has 0 aliphatic carbocycles. The molecule has 0 saturated carbocycles. The van der Waals surface area contributed by atoms with E-state index in [4.69, 9.17) is 0 Å². The number of nitrogens with one attached hydrogen (secondary N) is 2. The number of amides is 1. The highest BCUT2D eigenvalue weighted by atomic mass is 35.5. The third-order valence-corrected chi connectivity index (χ3v) is 3.84. The first-order chi connectivity index (χ1) is 7.68. The van der Waals surface area contributed by atoms with Crippen molar-refractivity contribution in [3.05, 3.63) is 29.3 Å². The van der Waals surface area contributed by atoms with E-state index in [1.54, 1.807) is 11.8 Å².